The molecule has 2 amide bonds. The molecule has 160 valence electrons. The molecule has 4 rings (SSSR count). The van der Waals surface area contributed by atoms with Crippen molar-refractivity contribution in [1.29, 1.82) is 0 Å². The highest BCUT2D eigenvalue weighted by atomic mass is 32.1. The number of rotatable bonds is 7. The lowest BCUT2D eigenvalue weighted by Crippen LogP contribution is -2.40. The second-order valence-electron chi connectivity index (χ2n) is 6.65. The maximum absolute atomic E-state index is 12.7. The first-order chi connectivity index (χ1) is 15.1. The molecule has 1 aromatic carbocycles. The summed E-state index contributed by atoms with van der Waals surface area (Å²) >= 11 is 1.21. The molecule has 31 heavy (non-hydrogen) atoms. The number of hydrogen-bond donors (Lipinski definition) is 1. The van der Waals surface area contributed by atoms with Gasteiger partial charge in [0, 0.05) is 23.9 Å². The molecule has 0 unspecified atom stereocenters. The molecule has 9 heteroatoms. The van der Waals surface area contributed by atoms with Gasteiger partial charge in [0.1, 0.15) is 22.1 Å². The molecule has 0 atom stereocenters. The number of thiophene rings is 1. The number of carbonyl (C=O) groups excluding carboxylic acids is 3. The monoisotopic (exact) mass is 440 g/mol. The second kappa shape index (κ2) is 9.05. The van der Waals surface area contributed by atoms with E-state index in [1.54, 1.807) is 42.6 Å². The van der Waals surface area contributed by atoms with Crippen LogP contribution in [0.5, 0.6) is 5.75 Å². The molecule has 1 aliphatic heterocycles. The topological polar surface area (TPSA) is 98.1 Å². The molecular formula is C22H20N2O6S. The van der Waals surface area contributed by atoms with E-state index in [1.807, 2.05) is 6.07 Å². The zero-order chi connectivity index (χ0) is 21.8. The van der Waals surface area contributed by atoms with Crippen molar-refractivity contribution < 1.29 is 28.3 Å². The van der Waals surface area contributed by atoms with Gasteiger partial charge in [-0.3, -0.25) is 9.59 Å². The van der Waals surface area contributed by atoms with Crippen LogP contribution in [-0.4, -0.2) is 37.5 Å². The Labute approximate surface area is 182 Å². The first kappa shape index (κ1) is 20.7. The third-order valence-corrected chi connectivity index (χ3v) is 5.58. The summed E-state index contributed by atoms with van der Waals surface area (Å²) in [6.07, 6.45) is 1.56. The normalized spacial score (nSPS) is 12.8. The number of amides is 2. The van der Waals surface area contributed by atoms with Gasteiger partial charge in [0.15, 0.2) is 6.61 Å². The summed E-state index contributed by atoms with van der Waals surface area (Å²) in [5.74, 6) is 0.0385. The molecule has 0 spiro atoms. The smallest absolute Gasteiger partial charge is 0.341 e. The quantitative estimate of drug-likeness (QED) is 0.559. The second-order valence-corrected chi connectivity index (χ2v) is 7.53. The van der Waals surface area contributed by atoms with Crippen molar-refractivity contribution in [3.8, 4) is 17.1 Å². The third kappa shape index (κ3) is 4.31. The Morgan fingerprint density at radius 1 is 1.23 bits per heavy atom. The Morgan fingerprint density at radius 3 is 2.84 bits per heavy atom. The summed E-state index contributed by atoms with van der Waals surface area (Å²) in [6.45, 7) is 2.05. The minimum Gasteiger partial charge on any atom is -0.482 e. The Kier molecular flexibility index (Phi) is 6.03. The average molecular weight is 440 g/mol. The first-order valence-corrected chi connectivity index (χ1v) is 10.6. The summed E-state index contributed by atoms with van der Waals surface area (Å²) in [7, 11) is 0. The summed E-state index contributed by atoms with van der Waals surface area (Å²) in [4.78, 5) is 39.0. The van der Waals surface area contributed by atoms with E-state index in [4.69, 9.17) is 13.9 Å². The lowest BCUT2D eigenvalue weighted by Gasteiger charge is -2.29. The fourth-order valence-corrected chi connectivity index (χ4v) is 4.22. The van der Waals surface area contributed by atoms with Crippen LogP contribution in [0.25, 0.3) is 11.3 Å². The standard InChI is InChI=1S/C22H20N2O6S/c1-2-28-22(27)20-14(16-8-5-11-29-16)13-31-21(20)23-18(25)9-10-24-15-6-3-4-7-17(15)30-12-19(24)26/h3-8,11,13H,2,9-10,12H2,1H3,(H,23,25). The highest BCUT2D eigenvalue weighted by Crippen LogP contribution is 2.37. The van der Waals surface area contributed by atoms with Crippen LogP contribution in [0.3, 0.4) is 0 Å². The number of benzene rings is 1. The van der Waals surface area contributed by atoms with Crippen LogP contribution in [0.4, 0.5) is 10.7 Å². The highest BCUT2D eigenvalue weighted by Gasteiger charge is 2.27. The van der Waals surface area contributed by atoms with Gasteiger partial charge < -0.3 is 24.1 Å². The van der Waals surface area contributed by atoms with E-state index >= 15 is 0 Å². The third-order valence-electron chi connectivity index (χ3n) is 4.68. The van der Waals surface area contributed by atoms with Gasteiger partial charge in [0.05, 0.1) is 18.6 Å². The summed E-state index contributed by atoms with van der Waals surface area (Å²) in [6, 6.07) is 10.6. The van der Waals surface area contributed by atoms with Crippen molar-refractivity contribution in [3.05, 3.63) is 53.6 Å². The van der Waals surface area contributed by atoms with Crippen LogP contribution >= 0.6 is 11.3 Å². The van der Waals surface area contributed by atoms with Crippen LogP contribution in [0.2, 0.25) is 0 Å². The molecule has 1 N–H and O–H groups in total. The van der Waals surface area contributed by atoms with E-state index in [0.29, 0.717) is 27.8 Å². The van der Waals surface area contributed by atoms with Crippen LogP contribution in [0.15, 0.2) is 52.5 Å². The number of nitrogens with zero attached hydrogens (tertiary/aromatic N) is 1. The molecular weight excluding hydrogens is 420 g/mol. The van der Waals surface area contributed by atoms with Crippen molar-refractivity contribution in [2.45, 2.75) is 13.3 Å². The maximum atomic E-state index is 12.7. The maximum Gasteiger partial charge on any atom is 0.341 e. The van der Waals surface area contributed by atoms with E-state index in [9.17, 15) is 14.4 Å². The molecule has 0 bridgehead atoms. The molecule has 3 heterocycles. The number of hydrogen-bond acceptors (Lipinski definition) is 7. The van der Waals surface area contributed by atoms with Crippen molar-refractivity contribution in [2.75, 3.05) is 30.0 Å². The number of ether oxygens (including phenoxy) is 2. The number of esters is 1. The highest BCUT2D eigenvalue weighted by molar-refractivity contribution is 7.15. The van der Waals surface area contributed by atoms with E-state index in [0.717, 1.165) is 0 Å². The fraction of sp³-hybridized carbons (Fsp3) is 0.227. The number of para-hydroxylation sites is 2. The number of nitrogens with one attached hydrogen (secondary N) is 1. The van der Waals surface area contributed by atoms with E-state index < -0.39 is 5.97 Å². The van der Waals surface area contributed by atoms with E-state index in [2.05, 4.69) is 5.32 Å². The molecule has 3 aromatic rings. The fourth-order valence-electron chi connectivity index (χ4n) is 3.27. The Hall–Kier alpha value is -3.59. The Bertz CT molecular complexity index is 1110. The van der Waals surface area contributed by atoms with Crippen LogP contribution < -0.4 is 15.0 Å². The van der Waals surface area contributed by atoms with Crippen LogP contribution in [0, 0.1) is 0 Å². The van der Waals surface area contributed by atoms with Gasteiger partial charge in [0.2, 0.25) is 5.91 Å². The minimum atomic E-state index is -0.539. The summed E-state index contributed by atoms with van der Waals surface area (Å²) in [5, 5.41) is 4.90. The summed E-state index contributed by atoms with van der Waals surface area (Å²) in [5.41, 5.74) is 1.44. The average Bonchev–Trinajstić information content (AvgIpc) is 3.43. The zero-order valence-electron chi connectivity index (χ0n) is 16.8. The lowest BCUT2D eigenvalue weighted by molar-refractivity contribution is -0.121. The van der Waals surface area contributed by atoms with Crippen molar-refractivity contribution in [2.24, 2.45) is 0 Å². The number of fused-ring (bicyclic) bond motifs is 1. The van der Waals surface area contributed by atoms with Crippen molar-refractivity contribution >= 4 is 39.8 Å². The van der Waals surface area contributed by atoms with Gasteiger partial charge in [0.25, 0.3) is 5.91 Å². The number of carbonyl (C=O) groups is 3. The zero-order valence-corrected chi connectivity index (χ0v) is 17.6. The predicted molar refractivity (Wildman–Crippen MR) is 116 cm³/mol. The lowest BCUT2D eigenvalue weighted by atomic mass is 10.1. The molecule has 0 radical (unpaired) electrons. The van der Waals surface area contributed by atoms with Gasteiger partial charge in [-0.05, 0) is 31.2 Å². The van der Waals surface area contributed by atoms with Gasteiger partial charge >= 0.3 is 5.97 Å². The Balaban J connectivity index is 1.49. The number of anilines is 2. The predicted octanol–water partition coefficient (Wildman–Crippen LogP) is 3.94. The summed E-state index contributed by atoms with van der Waals surface area (Å²) < 4.78 is 16.0. The molecule has 8 nitrogen and oxygen atoms in total. The van der Waals surface area contributed by atoms with E-state index in [-0.39, 0.29) is 43.6 Å². The molecule has 0 aliphatic carbocycles. The largest absolute Gasteiger partial charge is 0.482 e. The molecule has 2 aromatic heterocycles. The molecule has 0 fully saturated rings. The molecule has 1 aliphatic rings. The van der Waals surface area contributed by atoms with Gasteiger partial charge in [-0.15, -0.1) is 11.3 Å². The SMILES string of the molecule is CCOC(=O)c1c(-c2ccco2)csc1NC(=O)CCN1C(=O)COc2ccccc21. The first-order valence-electron chi connectivity index (χ1n) is 9.73. The van der Waals surface area contributed by atoms with Gasteiger partial charge in [-0.2, -0.15) is 0 Å². The Morgan fingerprint density at radius 2 is 2.06 bits per heavy atom. The van der Waals surface area contributed by atoms with Crippen LogP contribution in [0.1, 0.15) is 23.7 Å². The van der Waals surface area contributed by atoms with Crippen molar-refractivity contribution in [3.63, 3.8) is 0 Å². The van der Waals surface area contributed by atoms with Crippen LogP contribution in [-0.2, 0) is 14.3 Å². The molecule has 0 saturated heterocycles. The van der Waals surface area contributed by atoms with Gasteiger partial charge in [-0.1, -0.05) is 12.1 Å². The van der Waals surface area contributed by atoms with Gasteiger partial charge in [-0.25, -0.2) is 4.79 Å². The molecule has 0 saturated carbocycles. The minimum absolute atomic E-state index is 0.0519. The van der Waals surface area contributed by atoms with Crippen molar-refractivity contribution in [1.82, 2.24) is 0 Å². The number of furan rings is 1. The van der Waals surface area contributed by atoms with E-state index in [1.165, 1.54) is 22.5 Å².